The molecule has 1 unspecified atom stereocenters. The number of nitrogens with zero attached hydrogens (tertiary/aromatic N) is 1. The molecule has 39 heavy (non-hydrogen) atoms. The molecule has 7 nitrogen and oxygen atoms in total. The number of rotatable bonds is 6. The molecule has 10 heteroatoms. The van der Waals surface area contributed by atoms with E-state index in [1.165, 1.54) is 6.07 Å². The zero-order valence-corrected chi connectivity index (χ0v) is 21.4. The fourth-order valence-corrected chi connectivity index (χ4v) is 5.11. The molecular weight excluding hydrogens is 513 g/mol. The maximum Gasteiger partial charge on any atom is 0.433 e. The summed E-state index contributed by atoms with van der Waals surface area (Å²) in [6, 6.07) is 13.2. The number of carbonyl (C=O) groups excluding carboxylic acids is 1. The van der Waals surface area contributed by atoms with Gasteiger partial charge in [-0.05, 0) is 53.9 Å². The van der Waals surface area contributed by atoms with Crippen LogP contribution in [-0.2, 0) is 15.7 Å². The molecule has 3 heterocycles. The summed E-state index contributed by atoms with van der Waals surface area (Å²) in [4.78, 5) is 16.1. The number of halogens is 3. The smallest absolute Gasteiger partial charge is 0.433 e. The fourth-order valence-electron chi connectivity index (χ4n) is 5.11. The van der Waals surface area contributed by atoms with Crippen molar-refractivity contribution in [2.24, 2.45) is 0 Å². The topological polar surface area (TPSA) is 89.9 Å². The monoisotopic (exact) mass is 542 g/mol. The lowest BCUT2D eigenvalue weighted by Gasteiger charge is -2.44. The number of aliphatic hydroxyl groups is 1. The van der Waals surface area contributed by atoms with E-state index in [1.54, 1.807) is 12.1 Å². The highest BCUT2D eigenvalue weighted by atomic mass is 19.4. The van der Waals surface area contributed by atoms with Gasteiger partial charge in [0.15, 0.2) is 0 Å². The Kier molecular flexibility index (Phi) is 7.61. The van der Waals surface area contributed by atoms with Crippen LogP contribution in [0.1, 0.15) is 52.5 Å². The molecule has 0 radical (unpaired) electrons. The molecule has 1 spiro atoms. The molecule has 0 saturated carbocycles. The number of alkyl halides is 3. The minimum Gasteiger partial charge on any atom is -0.487 e. The van der Waals surface area contributed by atoms with Gasteiger partial charge in [0.1, 0.15) is 17.0 Å². The van der Waals surface area contributed by atoms with Crippen molar-refractivity contribution in [3.8, 4) is 16.9 Å². The van der Waals surface area contributed by atoms with Gasteiger partial charge in [-0.15, -0.1) is 0 Å². The lowest BCUT2D eigenvalue weighted by molar-refractivity contribution is -0.141. The first-order valence-corrected chi connectivity index (χ1v) is 12.8. The Morgan fingerprint density at radius 1 is 1.15 bits per heavy atom. The predicted molar refractivity (Wildman–Crippen MR) is 138 cm³/mol. The van der Waals surface area contributed by atoms with Crippen molar-refractivity contribution in [2.75, 3.05) is 31.7 Å². The zero-order chi connectivity index (χ0) is 27.6. The number of aliphatic hydroxyl groups excluding tert-OH is 1. The summed E-state index contributed by atoms with van der Waals surface area (Å²) in [6.45, 7) is 3.29. The van der Waals surface area contributed by atoms with Gasteiger partial charge in [-0.2, -0.15) is 13.2 Å². The Morgan fingerprint density at radius 3 is 2.69 bits per heavy atom. The van der Waals surface area contributed by atoms with Crippen LogP contribution in [-0.4, -0.2) is 48.0 Å². The molecule has 1 aromatic heterocycles. The van der Waals surface area contributed by atoms with E-state index in [1.807, 2.05) is 31.2 Å². The van der Waals surface area contributed by atoms with Crippen LogP contribution in [0.3, 0.4) is 0 Å². The fraction of sp³-hybridized carbons (Fsp3) is 0.379. The summed E-state index contributed by atoms with van der Waals surface area (Å²) in [5.74, 6) is 0.0331. The van der Waals surface area contributed by atoms with Crippen LogP contribution in [0.2, 0.25) is 0 Å². The first-order valence-electron chi connectivity index (χ1n) is 12.8. The number of carbonyl (C=O) groups is 1. The molecule has 206 valence electrons. The van der Waals surface area contributed by atoms with Gasteiger partial charge in [0.05, 0.1) is 32.5 Å². The number of hydrogen-bond acceptors (Lipinski definition) is 6. The van der Waals surface area contributed by atoms with Crippen molar-refractivity contribution in [3.05, 3.63) is 77.1 Å². The van der Waals surface area contributed by atoms with Crippen LogP contribution in [0.4, 0.5) is 18.9 Å². The molecular formula is C29H29F3N2O5. The molecule has 5 rings (SSSR count). The first kappa shape index (κ1) is 27.1. The maximum absolute atomic E-state index is 13.0. The van der Waals surface area contributed by atoms with Crippen molar-refractivity contribution in [2.45, 2.75) is 44.1 Å². The standard InChI is InChI=1S/C29H29F3N2O5/c1-18-2-4-21(34-27(36)20-6-9-33-26(15-20)29(30,31)32)16-23(18)19-3-5-22-24(14-19)39-28(7-11-37-12-8-28)17-25(22)38-13-10-35/h2-6,9,14-16,25,35H,7-8,10-13,17H2,1H3,(H,34,36). The van der Waals surface area contributed by atoms with Gasteiger partial charge in [0.2, 0.25) is 0 Å². The highest BCUT2D eigenvalue weighted by Gasteiger charge is 2.43. The summed E-state index contributed by atoms with van der Waals surface area (Å²) >= 11 is 0. The summed E-state index contributed by atoms with van der Waals surface area (Å²) in [5, 5.41) is 12.0. The van der Waals surface area contributed by atoms with Gasteiger partial charge in [-0.1, -0.05) is 18.2 Å². The molecule has 1 saturated heterocycles. The Labute approximate surface area is 223 Å². The predicted octanol–water partition coefficient (Wildman–Crippen LogP) is 5.71. The summed E-state index contributed by atoms with van der Waals surface area (Å²) in [6.07, 6.45) is -1.75. The zero-order valence-electron chi connectivity index (χ0n) is 21.4. The third-order valence-corrected chi connectivity index (χ3v) is 7.18. The third kappa shape index (κ3) is 5.93. The minimum absolute atomic E-state index is 0.0738. The number of benzene rings is 2. The summed E-state index contributed by atoms with van der Waals surface area (Å²) in [5.41, 5.74) is 2.31. The van der Waals surface area contributed by atoms with Crippen LogP contribution in [0.15, 0.2) is 54.7 Å². The van der Waals surface area contributed by atoms with Gasteiger partial charge in [0.25, 0.3) is 5.91 Å². The van der Waals surface area contributed by atoms with Crippen LogP contribution in [0, 0.1) is 6.92 Å². The number of amides is 1. The molecule has 3 aromatic rings. The van der Waals surface area contributed by atoms with Crippen LogP contribution >= 0.6 is 0 Å². The van der Waals surface area contributed by atoms with E-state index in [2.05, 4.69) is 10.3 Å². The van der Waals surface area contributed by atoms with Gasteiger partial charge in [-0.3, -0.25) is 9.78 Å². The molecule has 2 N–H and O–H groups in total. The van der Waals surface area contributed by atoms with Gasteiger partial charge in [0, 0.05) is 42.3 Å². The lowest BCUT2D eigenvalue weighted by Crippen LogP contribution is -2.46. The number of nitrogens with one attached hydrogen (secondary N) is 1. The Morgan fingerprint density at radius 2 is 1.95 bits per heavy atom. The van der Waals surface area contributed by atoms with E-state index in [4.69, 9.17) is 14.2 Å². The quantitative estimate of drug-likeness (QED) is 0.415. The molecule has 2 aliphatic heterocycles. The Hall–Kier alpha value is -3.47. The van der Waals surface area contributed by atoms with E-state index in [-0.39, 0.29) is 24.9 Å². The maximum atomic E-state index is 13.0. The Balaban J connectivity index is 1.43. The molecule has 2 aliphatic rings. The second-order valence-corrected chi connectivity index (χ2v) is 9.85. The SMILES string of the molecule is Cc1ccc(NC(=O)c2ccnc(C(F)(F)F)c2)cc1-c1ccc2c(c1)OC1(CCOCC1)CC2OCCO. The van der Waals surface area contributed by atoms with E-state index in [0.717, 1.165) is 47.4 Å². The van der Waals surface area contributed by atoms with E-state index in [9.17, 15) is 23.1 Å². The van der Waals surface area contributed by atoms with Crippen LogP contribution in [0.5, 0.6) is 5.75 Å². The van der Waals surface area contributed by atoms with Crippen molar-refractivity contribution < 1.29 is 37.3 Å². The molecule has 0 aliphatic carbocycles. The van der Waals surface area contributed by atoms with Gasteiger partial charge < -0.3 is 24.6 Å². The second kappa shape index (κ2) is 11.0. The largest absolute Gasteiger partial charge is 0.487 e. The Bertz CT molecular complexity index is 1350. The van der Waals surface area contributed by atoms with E-state index < -0.39 is 23.4 Å². The molecule has 1 atom stereocenters. The molecule has 1 amide bonds. The molecule has 0 bridgehead atoms. The minimum atomic E-state index is -4.65. The summed E-state index contributed by atoms with van der Waals surface area (Å²) in [7, 11) is 0. The average molecular weight is 543 g/mol. The third-order valence-electron chi connectivity index (χ3n) is 7.18. The number of fused-ring (bicyclic) bond motifs is 1. The second-order valence-electron chi connectivity index (χ2n) is 9.85. The van der Waals surface area contributed by atoms with Crippen molar-refractivity contribution in [1.82, 2.24) is 4.98 Å². The first-order chi connectivity index (χ1) is 18.7. The lowest BCUT2D eigenvalue weighted by atomic mass is 9.82. The van der Waals surface area contributed by atoms with Gasteiger partial charge in [-0.25, -0.2) is 0 Å². The molecule has 2 aromatic carbocycles. The van der Waals surface area contributed by atoms with Gasteiger partial charge >= 0.3 is 6.18 Å². The number of pyridine rings is 1. The normalized spacial score (nSPS) is 18.3. The average Bonchev–Trinajstić information content (AvgIpc) is 2.92. The van der Waals surface area contributed by atoms with E-state index >= 15 is 0 Å². The number of aromatic nitrogens is 1. The van der Waals surface area contributed by atoms with Crippen LogP contribution in [0.25, 0.3) is 11.1 Å². The van der Waals surface area contributed by atoms with Crippen molar-refractivity contribution in [1.29, 1.82) is 0 Å². The van der Waals surface area contributed by atoms with Crippen molar-refractivity contribution >= 4 is 11.6 Å². The highest BCUT2D eigenvalue weighted by Crippen LogP contribution is 2.47. The number of aryl methyl sites for hydroxylation is 1. The van der Waals surface area contributed by atoms with E-state index in [0.29, 0.717) is 31.1 Å². The summed E-state index contributed by atoms with van der Waals surface area (Å²) < 4.78 is 57.2. The number of hydrogen-bond donors (Lipinski definition) is 2. The number of ether oxygens (including phenoxy) is 3. The highest BCUT2D eigenvalue weighted by molar-refractivity contribution is 6.04. The molecule has 1 fully saturated rings. The van der Waals surface area contributed by atoms with Crippen molar-refractivity contribution in [3.63, 3.8) is 0 Å². The number of anilines is 1. The van der Waals surface area contributed by atoms with Crippen LogP contribution < -0.4 is 10.1 Å².